The lowest BCUT2D eigenvalue weighted by Crippen LogP contribution is -2.42. The number of aromatic nitrogens is 2. The van der Waals surface area contributed by atoms with Crippen molar-refractivity contribution in [1.29, 1.82) is 0 Å². The number of benzene rings is 1. The van der Waals surface area contributed by atoms with Gasteiger partial charge in [-0.1, -0.05) is 0 Å². The topological polar surface area (TPSA) is 84.7 Å². The normalized spacial score (nSPS) is 17.6. The van der Waals surface area contributed by atoms with Crippen LogP contribution in [0.15, 0.2) is 23.0 Å². The Morgan fingerprint density at radius 1 is 1.24 bits per heavy atom. The number of anilines is 1. The van der Waals surface area contributed by atoms with Crippen LogP contribution in [0.25, 0.3) is 10.2 Å². The van der Waals surface area contributed by atoms with Gasteiger partial charge in [0.2, 0.25) is 0 Å². The molecule has 0 radical (unpaired) electrons. The standard InChI is InChI=1S/C25H28N4O4S/c1-14-24(31)28(4)17-11-15(9-10-19(17)33-14)18(30)12-29-21(13-27(2)3)26-23-22(25(29)32)16-7-5-6-8-20(16)34-23/h9-11,14H,5-8,12-13H2,1-4H3. The number of thiophene rings is 1. The first-order valence-electron chi connectivity index (χ1n) is 11.5. The average molecular weight is 481 g/mol. The van der Waals surface area contributed by atoms with Gasteiger partial charge in [0.15, 0.2) is 11.9 Å². The van der Waals surface area contributed by atoms with E-state index in [2.05, 4.69) is 0 Å². The molecule has 1 amide bonds. The number of amides is 1. The van der Waals surface area contributed by atoms with Crippen molar-refractivity contribution in [3.8, 4) is 5.75 Å². The molecule has 0 spiro atoms. The third kappa shape index (κ3) is 3.82. The van der Waals surface area contributed by atoms with Crippen molar-refractivity contribution in [3.63, 3.8) is 0 Å². The molecule has 1 atom stereocenters. The van der Waals surface area contributed by atoms with Gasteiger partial charge in [0.05, 0.1) is 24.2 Å². The molecule has 178 valence electrons. The van der Waals surface area contributed by atoms with Crippen LogP contribution in [0.5, 0.6) is 5.75 Å². The summed E-state index contributed by atoms with van der Waals surface area (Å²) in [6.07, 6.45) is 3.50. The second kappa shape index (κ2) is 8.63. The number of fused-ring (bicyclic) bond motifs is 4. The van der Waals surface area contributed by atoms with E-state index in [4.69, 9.17) is 9.72 Å². The maximum Gasteiger partial charge on any atom is 0.267 e. The first-order chi connectivity index (χ1) is 16.2. The summed E-state index contributed by atoms with van der Waals surface area (Å²) in [4.78, 5) is 49.7. The van der Waals surface area contributed by atoms with Crippen molar-refractivity contribution >= 4 is 38.9 Å². The zero-order valence-electron chi connectivity index (χ0n) is 19.9. The number of Topliss-reactive ketones (excluding diaryl/α,β-unsaturated/α-hetero) is 1. The Balaban J connectivity index is 1.55. The molecule has 0 saturated carbocycles. The van der Waals surface area contributed by atoms with Crippen LogP contribution in [0.1, 0.15) is 46.4 Å². The quantitative estimate of drug-likeness (QED) is 0.522. The van der Waals surface area contributed by atoms with Crippen LogP contribution in [0.3, 0.4) is 0 Å². The minimum absolute atomic E-state index is 0.108. The smallest absolute Gasteiger partial charge is 0.267 e. The van der Waals surface area contributed by atoms with E-state index in [0.29, 0.717) is 34.8 Å². The van der Waals surface area contributed by atoms with E-state index in [1.165, 1.54) is 14.3 Å². The molecule has 8 nitrogen and oxygen atoms in total. The lowest BCUT2D eigenvalue weighted by atomic mass is 9.97. The fourth-order valence-corrected chi connectivity index (χ4v) is 6.04. The summed E-state index contributed by atoms with van der Waals surface area (Å²) in [7, 11) is 5.50. The molecule has 0 bridgehead atoms. The molecule has 2 aliphatic rings. The Morgan fingerprint density at radius 3 is 2.76 bits per heavy atom. The molecule has 0 saturated heterocycles. The molecule has 1 aromatic carbocycles. The number of rotatable bonds is 5. The zero-order valence-corrected chi connectivity index (χ0v) is 20.7. The number of hydrogen-bond acceptors (Lipinski definition) is 7. The van der Waals surface area contributed by atoms with Gasteiger partial charge in [-0.15, -0.1) is 11.3 Å². The minimum atomic E-state index is -0.569. The third-order valence-corrected chi connectivity index (χ3v) is 7.72. The third-order valence-electron chi connectivity index (χ3n) is 6.54. The number of carbonyl (C=O) groups excluding carboxylic acids is 2. The van der Waals surface area contributed by atoms with Gasteiger partial charge < -0.3 is 14.5 Å². The van der Waals surface area contributed by atoms with E-state index in [-0.39, 0.29) is 23.8 Å². The minimum Gasteiger partial charge on any atom is -0.479 e. The highest BCUT2D eigenvalue weighted by atomic mass is 32.1. The van der Waals surface area contributed by atoms with Crippen molar-refractivity contribution in [2.75, 3.05) is 26.0 Å². The second-order valence-corrected chi connectivity index (χ2v) is 10.4. The predicted molar refractivity (Wildman–Crippen MR) is 132 cm³/mol. The van der Waals surface area contributed by atoms with E-state index in [0.717, 1.165) is 36.1 Å². The fraction of sp³-hybridized carbons (Fsp3) is 0.440. The highest BCUT2D eigenvalue weighted by molar-refractivity contribution is 7.18. The van der Waals surface area contributed by atoms with Gasteiger partial charge in [0, 0.05) is 17.5 Å². The van der Waals surface area contributed by atoms with Crippen LogP contribution in [-0.2, 0) is 30.7 Å². The molecule has 0 N–H and O–H groups in total. The van der Waals surface area contributed by atoms with Crippen LogP contribution in [-0.4, -0.2) is 53.4 Å². The maximum atomic E-state index is 13.7. The molecule has 0 fully saturated rings. The summed E-state index contributed by atoms with van der Waals surface area (Å²) in [6.45, 7) is 2.04. The van der Waals surface area contributed by atoms with Gasteiger partial charge in [-0.05, 0) is 70.5 Å². The number of aryl methyl sites for hydroxylation is 2. The number of nitrogens with zero attached hydrogens (tertiary/aromatic N) is 4. The van der Waals surface area contributed by atoms with Crippen molar-refractivity contribution < 1.29 is 14.3 Å². The van der Waals surface area contributed by atoms with Crippen molar-refractivity contribution in [1.82, 2.24) is 14.5 Å². The molecule has 34 heavy (non-hydrogen) atoms. The lowest BCUT2D eigenvalue weighted by Gasteiger charge is -2.30. The first-order valence-corrected chi connectivity index (χ1v) is 12.4. The Bertz CT molecular complexity index is 1370. The number of ketones is 1. The van der Waals surface area contributed by atoms with Crippen LogP contribution in [0.2, 0.25) is 0 Å². The van der Waals surface area contributed by atoms with Crippen molar-refractivity contribution in [2.45, 2.75) is 51.8 Å². The monoisotopic (exact) mass is 480 g/mol. The summed E-state index contributed by atoms with van der Waals surface area (Å²) in [5.41, 5.74) is 1.94. The highest BCUT2D eigenvalue weighted by Crippen LogP contribution is 2.35. The zero-order chi connectivity index (χ0) is 24.1. The molecule has 1 aliphatic carbocycles. The maximum absolute atomic E-state index is 13.7. The fourth-order valence-electron chi connectivity index (χ4n) is 4.77. The summed E-state index contributed by atoms with van der Waals surface area (Å²) < 4.78 is 7.20. The van der Waals surface area contributed by atoms with E-state index < -0.39 is 6.10 Å². The first kappa shape index (κ1) is 22.7. The number of carbonyl (C=O) groups is 2. The lowest BCUT2D eigenvalue weighted by molar-refractivity contribution is -0.125. The molecule has 1 aliphatic heterocycles. The summed E-state index contributed by atoms with van der Waals surface area (Å²) >= 11 is 1.62. The van der Waals surface area contributed by atoms with Crippen molar-refractivity contribution in [3.05, 3.63) is 50.4 Å². The van der Waals surface area contributed by atoms with Gasteiger partial charge in [0.1, 0.15) is 16.4 Å². The SMILES string of the molecule is CC1Oc2ccc(C(=O)Cn3c(CN(C)C)nc4sc5c(c4c3=O)CCCC5)cc2N(C)C1=O. The Hall–Kier alpha value is -3.04. The predicted octanol–water partition coefficient (Wildman–Crippen LogP) is 3.03. The molecule has 1 unspecified atom stereocenters. The van der Waals surface area contributed by atoms with Crippen LogP contribution < -0.4 is 15.2 Å². The molecule has 3 heterocycles. The van der Waals surface area contributed by atoms with Gasteiger partial charge in [-0.2, -0.15) is 0 Å². The van der Waals surface area contributed by atoms with Crippen LogP contribution >= 0.6 is 11.3 Å². The van der Waals surface area contributed by atoms with Gasteiger partial charge in [0.25, 0.3) is 11.5 Å². The number of ether oxygens (including phenoxy) is 1. The molecule has 5 rings (SSSR count). The summed E-state index contributed by atoms with van der Waals surface area (Å²) in [6, 6.07) is 5.06. The Morgan fingerprint density at radius 2 is 2.00 bits per heavy atom. The van der Waals surface area contributed by atoms with Crippen molar-refractivity contribution in [2.24, 2.45) is 0 Å². The molecule has 3 aromatic rings. The number of hydrogen-bond donors (Lipinski definition) is 0. The Labute approximate surface area is 201 Å². The van der Waals surface area contributed by atoms with Gasteiger partial charge >= 0.3 is 0 Å². The molecule has 2 aromatic heterocycles. The van der Waals surface area contributed by atoms with Crippen LogP contribution in [0.4, 0.5) is 5.69 Å². The second-order valence-electron chi connectivity index (χ2n) is 9.31. The Kier molecular flexibility index (Phi) is 5.77. The average Bonchev–Trinajstić information content (AvgIpc) is 3.18. The van der Waals surface area contributed by atoms with E-state index in [1.807, 2.05) is 19.0 Å². The van der Waals surface area contributed by atoms with Gasteiger partial charge in [-0.3, -0.25) is 19.0 Å². The van der Waals surface area contributed by atoms with Crippen LogP contribution in [0, 0.1) is 0 Å². The summed E-state index contributed by atoms with van der Waals surface area (Å²) in [5.74, 6) is 0.759. The molecular weight excluding hydrogens is 452 g/mol. The number of likely N-dealkylation sites (N-methyl/N-ethyl adjacent to an activating group) is 1. The molecule has 9 heteroatoms. The largest absolute Gasteiger partial charge is 0.479 e. The summed E-state index contributed by atoms with van der Waals surface area (Å²) in [5, 5.41) is 0.674. The highest BCUT2D eigenvalue weighted by Gasteiger charge is 2.30. The molecular formula is C25H28N4O4S. The van der Waals surface area contributed by atoms with Gasteiger partial charge in [-0.25, -0.2) is 4.98 Å². The van der Waals surface area contributed by atoms with E-state index in [9.17, 15) is 14.4 Å². The van der Waals surface area contributed by atoms with E-state index in [1.54, 1.807) is 43.5 Å². The van der Waals surface area contributed by atoms with E-state index >= 15 is 0 Å².